The van der Waals surface area contributed by atoms with Gasteiger partial charge in [0.1, 0.15) is 5.82 Å². The number of hydrogen-bond donors (Lipinski definition) is 2. The first-order valence-electron chi connectivity index (χ1n) is 5.86. The Hall–Kier alpha value is -1.20. The minimum absolute atomic E-state index is 0.304. The summed E-state index contributed by atoms with van der Waals surface area (Å²) in [5, 5.41) is 12.5. The molecule has 0 radical (unpaired) electrons. The van der Waals surface area contributed by atoms with Gasteiger partial charge in [-0.1, -0.05) is 6.07 Å². The summed E-state index contributed by atoms with van der Waals surface area (Å²) in [6.07, 6.45) is 1.88. The molecule has 0 spiro atoms. The molecule has 2 rings (SSSR count). The van der Waals surface area contributed by atoms with Gasteiger partial charge in [-0.3, -0.25) is 0 Å². The van der Waals surface area contributed by atoms with E-state index in [0.29, 0.717) is 24.9 Å². The molecule has 1 aromatic heterocycles. The van der Waals surface area contributed by atoms with E-state index < -0.39 is 12.1 Å². The number of nitrogens with zero attached hydrogens (tertiary/aromatic N) is 1. The van der Waals surface area contributed by atoms with Crippen molar-refractivity contribution in [3.63, 3.8) is 0 Å². The molecule has 1 heterocycles. The van der Waals surface area contributed by atoms with E-state index in [1.165, 1.54) is 18.9 Å². The average Bonchev–Trinajstić information content (AvgIpc) is 3.11. The molecule has 0 bridgehead atoms. The van der Waals surface area contributed by atoms with Crippen molar-refractivity contribution in [1.29, 1.82) is 0 Å². The molecule has 1 aromatic rings. The van der Waals surface area contributed by atoms with Gasteiger partial charge in [-0.15, -0.1) is 0 Å². The zero-order chi connectivity index (χ0) is 12.1. The van der Waals surface area contributed by atoms with Crippen LogP contribution in [0.4, 0.5) is 10.2 Å². The van der Waals surface area contributed by atoms with Crippen molar-refractivity contribution in [2.45, 2.75) is 18.9 Å². The molecule has 1 aliphatic carbocycles. The highest BCUT2D eigenvalue weighted by molar-refractivity contribution is 5.33. The molecule has 94 valence electrons. The van der Waals surface area contributed by atoms with Crippen LogP contribution in [0.5, 0.6) is 0 Å². The summed E-state index contributed by atoms with van der Waals surface area (Å²) >= 11 is 0. The minimum atomic E-state index is -0.598. The number of ether oxygens (including phenoxy) is 1. The summed E-state index contributed by atoms with van der Waals surface area (Å²) < 4.78 is 18.1. The van der Waals surface area contributed by atoms with Gasteiger partial charge in [0.15, 0.2) is 0 Å². The third-order valence-corrected chi connectivity index (χ3v) is 2.59. The smallest absolute Gasteiger partial charge is 0.214 e. The van der Waals surface area contributed by atoms with Gasteiger partial charge in [-0.05, 0) is 30.9 Å². The summed E-state index contributed by atoms with van der Waals surface area (Å²) in [7, 11) is 0. The molecule has 1 aliphatic rings. The van der Waals surface area contributed by atoms with E-state index in [-0.39, 0.29) is 0 Å². The van der Waals surface area contributed by atoms with E-state index in [1.54, 1.807) is 12.1 Å². The Morgan fingerprint density at radius 3 is 3.06 bits per heavy atom. The Kier molecular flexibility index (Phi) is 4.28. The highest BCUT2D eigenvalue weighted by atomic mass is 19.1. The summed E-state index contributed by atoms with van der Waals surface area (Å²) in [6.45, 7) is 1.34. The second-order valence-corrected chi connectivity index (χ2v) is 4.36. The van der Waals surface area contributed by atoms with Gasteiger partial charge in [0.25, 0.3) is 0 Å². The highest BCUT2D eigenvalue weighted by Gasteiger charge is 2.21. The Morgan fingerprint density at radius 1 is 1.53 bits per heavy atom. The number of pyridine rings is 1. The lowest BCUT2D eigenvalue weighted by atomic mass is 10.3. The SMILES string of the molecule is OC(CNc1cccc(F)n1)COCC1CC1. The van der Waals surface area contributed by atoms with Crippen LogP contribution in [0.2, 0.25) is 0 Å². The number of hydrogen-bond acceptors (Lipinski definition) is 4. The van der Waals surface area contributed by atoms with Crippen molar-refractivity contribution in [3.8, 4) is 0 Å². The largest absolute Gasteiger partial charge is 0.389 e. The number of rotatable bonds is 7. The van der Waals surface area contributed by atoms with Crippen LogP contribution in [0.3, 0.4) is 0 Å². The van der Waals surface area contributed by atoms with Gasteiger partial charge in [0.05, 0.1) is 12.7 Å². The summed E-state index contributed by atoms with van der Waals surface area (Å²) in [4.78, 5) is 3.63. The third-order valence-electron chi connectivity index (χ3n) is 2.59. The highest BCUT2D eigenvalue weighted by Crippen LogP contribution is 2.28. The zero-order valence-electron chi connectivity index (χ0n) is 9.60. The van der Waals surface area contributed by atoms with Gasteiger partial charge in [0, 0.05) is 13.2 Å². The van der Waals surface area contributed by atoms with Crippen LogP contribution in [0, 0.1) is 11.9 Å². The van der Waals surface area contributed by atoms with E-state index in [1.807, 2.05) is 0 Å². The lowest BCUT2D eigenvalue weighted by molar-refractivity contribution is 0.0385. The Morgan fingerprint density at radius 2 is 2.35 bits per heavy atom. The zero-order valence-corrected chi connectivity index (χ0v) is 9.60. The maximum atomic E-state index is 12.8. The molecule has 1 atom stereocenters. The average molecular weight is 240 g/mol. The normalized spacial score (nSPS) is 16.8. The second-order valence-electron chi connectivity index (χ2n) is 4.36. The Balaban J connectivity index is 1.62. The fourth-order valence-corrected chi connectivity index (χ4v) is 1.44. The molecule has 2 N–H and O–H groups in total. The molecule has 5 heteroatoms. The predicted octanol–water partition coefficient (Wildman–Crippen LogP) is 1.42. The van der Waals surface area contributed by atoms with Crippen molar-refractivity contribution in [1.82, 2.24) is 4.98 Å². The van der Waals surface area contributed by atoms with Gasteiger partial charge in [0.2, 0.25) is 5.95 Å². The van der Waals surface area contributed by atoms with Gasteiger partial charge in [-0.25, -0.2) is 4.98 Å². The molecular formula is C12H17FN2O2. The summed E-state index contributed by atoms with van der Waals surface area (Å²) in [5.74, 6) is 0.584. The lowest BCUT2D eigenvalue weighted by Crippen LogP contribution is -2.25. The Labute approximate surface area is 99.8 Å². The number of aliphatic hydroxyl groups is 1. The van der Waals surface area contributed by atoms with Crippen molar-refractivity contribution < 1.29 is 14.2 Å². The minimum Gasteiger partial charge on any atom is -0.389 e. The molecule has 0 saturated heterocycles. The number of halogens is 1. The quantitative estimate of drug-likeness (QED) is 0.708. The van der Waals surface area contributed by atoms with Crippen molar-refractivity contribution in [2.75, 3.05) is 25.1 Å². The second kappa shape index (κ2) is 5.93. The fourth-order valence-electron chi connectivity index (χ4n) is 1.44. The topological polar surface area (TPSA) is 54.4 Å². The number of anilines is 1. The van der Waals surface area contributed by atoms with E-state index >= 15 is 0 Å². The Bertz CT molecular complexity index is 358. The van der Waals surface area contributed by atoms with Crippen LogP contribution >= 0.6 is 0 Å². The van der Waals surface area contributed by atoms with Crippen molar-refractivity contribution in [3.05, 3.63) is 24.1 Å². The maximum absolute atomic E-state index is 12.8. The van der Waals surface area contributed by atoms with Crippen LogP contribution in [-0.2, 0) is 4.74 Å². The number of aliphatic hydroxyl groups excluding tert-OH is 1. The molecule has 0 aromatic carbocycles. The first-order valence-corrected chi connectivity index (χ1v) is 5.86. The fraction of sp³-hybridized carbons (Fsp3) is 0.583. The van der Waals surface area contributed by atoms with Gasteiger partial charge in [-0.2, -0.15) is 4.39 Å². The first kappa shape index (κ1) is 12.3. The third kappa shape index (κ3) is 4.66. The monoisotopic (exact) mass is 240 g/mol. The molecule has 1 fully saturated rings. The van der Waals surface area contributed by atoms with E-state index in [0.717, 1.165) is 6.61 Å². The molecule has 4 nitrogen and oxygen atoms in total. The van der Waals surface area contributed by atoms with Crippen LogP contribution in [0.25, 0.3) is 0 Å². The van der Waals surface area contributed by atoms with Gasteiger partial charge < -0.3 is 15.2 Å². The van der Waals surface area contributed by atoms with Crippen LogP contribution < -0.4 is 5.32 Å². The first-order chi connectivity index (χ1) is 8.24. The summed E-state index contributed by atoms with van der Waals surface area (Å²) in [6, 6.07) is 4.50. The van der Waals surface area contributed by atoms with Crippen LogP contribution in [-0.4, -0.2) is 36.0 Å². The molecule has 17 heavy (non-hydrogen) atoms. The number of nitrogens with one attached hydrogen (secondary N) is 1. The maximum Gasteiger partial charge on any atom is 0.214 e. The summed E-state index contributed by atoms with van der Waals surface area (Å²) in [5.41, 5.74) is 0. The molecule has 0 aliphatic heterocycles. The molecule has 1 saturated carbocycles. The van der Waals surface area contributed by atoms with E-state index in [9.17, 15) is 9.50 Å². The van der Waals surface area contributed by atoms with E-state index in [2.05, 4.69) is 10.3 Å². The molecular weight excluding hydrogens is 223 g/mol. The predicted molar refractivity (Wildman–Crippen MR) is 62.2 cm³/mol. The van der Waals surface area contributed by atoms with Gasteiger partial charge >= 0.3 is 0 Å². The standard InChI is InChI=1S/C12H17FN2O2/c13-11-2-1-3-12(15-11)14-6-10(16)8-17-7-9-4-5-9/h1-3,9-10,16H,4-8H2,(H,14,15). The molecule has 1 unspecified atom stereocenters. The molecule has 0 amide bonds. The number of aromatic nitrogens is 1. The van der Waals surface area contributed by atoms with E-state index in [4.69, 9.17) is 4.74 Å². The van der Waals surface area contributed by atoms with Crippen molar-refractivity contribution in [2.24, 2.45) is 5.92 Å². The van der Waals surface area contributed by atoms with Crippen molar-refractivity contribution >= 4 is 5.82 Å². The van der Waals surface area contributed by atoms with Crippen LogP contribution in [0.1, 0.15) is 12.8 Å². The van der Waals surface area contributed by atoms with Crippen LogP contribution in [0.15, 0.2) is 18.2 Å². The lowest BCUT2D eigenvalue weighted by Gasteiger charge is -2.12.